The maximum atomic E-state index is 11.2. The van der Waals surface area contributed by atoms with E-state index < -0.39 is 5.91 Å². The summed E-state index contributed by atoms with van der Waals surface area (Å²) in [5.74, 6) is 2.46. The average Bonchev–Trinajstić information content (AvgIpc) is 2.75. The Hall–Kier alpha value is -1.69. The van der Waals surface area contributed by atoms with E-state index in [0.717, 1.165) is 30.8 Å². The molecule has 3 rings (SSSR count). The molecule has 2 heterocycles. The lowest BCUT2D eigenvalue weighted by Gasteiger charge is -2.37. The van der Waals surface area contributed by atoms with Gasteiger partial charge in [0.05, 0.1) is 5.56 Å². The maximum absolute atomic E-state index is 11.2. The highest BCUT2D eigenvalue weighted by atomic mass is 16.5. The number of fused-ring (bicyclic) bond motifs is 2. The average molecular weight is 276 g/mol. The molecule has 1 aromatic rings. The van der Waals surface area contributed by atoms with Crippen LogP contribution in [0.3, 0.4) is 0 Å². The van der Waals surface area contributed by atoms with Gasteiger partial charge >= 0.3 is 0 Å². The second-order valence-corrected chi connectivity index (χ2v) is 5.79. The predicted molar refractivity (Wildman–Crippen MR) is 73.5 cm³/mol. The Labute approximate surface area is 118 Å². The van der Waals surface area contributed by atoms with Gasteiger partial charge in [-0.15, -0.1) is 0 Å². The number of anilines is 1. The number of carbonyl (C=O) groups is 1. The van der Waals surface area contributed by atoms with E-state index in [1.54, 1.807) is 5.48 Å². The van der Waals surface area contributed by atoms with Gasteiger partial charge in [-0.1, -0.05) is 13.3 Å². The Morgan fingerprint density at radius 3 is 2.45 bits per heavy atom. The zero-order valence-corrected chi connectivity index (χ0v) is 11.6. The third kappa shape index (κ3) is 2.24. The van der Waals surface area contributed by atoms with Crippen molar-refractivity contribution in [2.75, 3.05) is 18.0 Å². The molecule has 2 unspecified atom stereocenters. The molecule has 20 heavy (non-hydrogen) atoms. The van der Waals surface area contributed by atoms with Gasteiger partial charge in [-0.05, 0) is 30.6 Å². The largest absolute Gasteiger partial charge is 0.340 e. The molecule has 1 amide bonds. The summed E-state index contributed by atoms with van der Waals surface area (Å²) < 4.78 is 0. The highest BCUT2D eigenvalue weighted by Gasteiger charge is 2.41. The number of nitrogens with zero attached hydrogens (tertiary/aromatic N) is 3. The number of piperidine rings is 1. The van der Waals surface area contributed by atoms with Crippen LogP contribution in [-0.2, 0) is 0 Å². The molecule has 1 saturated carbocycles. The molecule has 2 aliphatic rings. The highest BCUT2D eigenvalue weighted by molar-refractivity contribution is 5.92. The molecule has 0 spiro atoms. The van der Waals surface area contributed by atoms with Crippen molar-refractivity contribution in [3.8, 4) is 0 Å². The van der Waals surface area contributed by atoms with Crippen LogP contribution < -0.4 is 10.4 Å². The Bertz CT molecular complexity index is 476. The van der Waals surface area contributed by atoms with Crippen LogP contribution >= 0.6 is 0 Å². The number of hydrogen-bond donors (Lipinski definition) is 2. The minimum atomic E-state index is -0.582. The van der Waals surface area contributed by atoms with E-state index in [1.165, 1.54) is 31.7 Å². The summed E-state index contributed by atoms with van der Waals surface area (Å²) in [5.41, 5.74) is 1.85. The van der Waals surface area contributed by atoms with Gasteiger partial charge in [0.2, 0.25) is 5.95 Å². The number of hydrogen-bond acceptors (Lipinski definition) is 5. The van der Waals surface area contributed by atoms with Gasteiger partial charge in [-0.3, -0.25) is 10.0 Å². The number of hydroxylamine groups is 1. The van der Waals surface area contributed by atoms with E-state index in [2.05, 4.69) is 21.8 Å². The topological polar surface area (TPSA) is 78.4 Å². The summed E-state index contributed by atoms with van der Waals surface area (Å²) in [6.45, 7) is 4.31. The third-order valence-electron chi connectivity index (χ3n) is 4.79. The van der Waals surface area contributed by atoms with E-state index in [-0.39, 0.29) is 5.56 Å². The van der Waals surface area contributed by atoms with Crippen LogP contribution in [-0.4, -0.2) is 34.2 Å². The summed E-state index contributed by atoms with van der Waals surface area (Å²) in [6, 6.07) is 0. The molecule has 0 radical (unpaired) electrons. The molecule has 1 aliphatic heterocycles. The summed E-state index contributed by atoms with van der Waals surface area (Å²) in [7, 11) is 0. The van der Waals surface area contributed by atoms with E-state index in [0.29, 0.717) is 5.95 Å². The molecule has 2 N–H and O–H groups in total. The third-order valence-corrected chi connectivity index (χ3v) is 4.79. The monoisotopic (exact) mass is 276 g/mol. The fourth-order valence-electron chi connectivity index (χ4n) is 3.83. The molecular formula is C14H20N4O2. The summed E-state index contributed by atoms with van der Waals surface area (Å²) in [5, 5.41) is 8.57. The van der Waals surface area contributed by atoms with E-state index >= 15 is 0 Å². The summed E-state index contributed by atoms with van der Waals surface area (Å²) in [4.78, 5) is 22.0. The fraction of sp³-hybridized carbons (Fsp3) is 0.643. The normalized spacial score (nSPS) is 28.5. The molecule has 6 heteroatoms. The van der Waals surface area contributed by atoms with Crippen LogP contribution in [0.2, 0.25) is 0 Å². The van der Waals surface area contributed by atoms with Crippen molar-refractivity contribution in [2.24, 2.45) is 17.8 Å². The SMILES string of the molecule is CCC1C2CCC1CN(c1ncc(C(=O)NO)cn1)C2. The Morgan fingerprint density at radius 1 is 1.35 bits per heavy atom. The van der Waals surface area contributed by atoms with Crippen molar-refractivity contribution >= 4 is 11.9 Å². The van der Waals surface area contributed by atoms with Crippen LogP contribution in [0.25, 0.3) is 0 Å². The van der Waals surface area contributed by atoms with Gasteiger partial charge in [-0.25, -0.2) is 15.4 Å². The first kappa shape index (κ1) is 13.3. The molecule has 2 atom stereocenters. The first-order valence-electron chi connectivity index (χ1n) is 7.24. The zero-order chi connectivity index (χ0) is 14.1. The van der Waals surface area contributed by atoms with Crippen molar-refractivity contribution in [3.63, 3.8) is 0 Å². The van der Waals surface area contributed by atoms with E-state index in [9.17, 15) is 4.79 Å². The van der Waals surface area contributed by atoms with Crippen molar-refractivity contribution < 1.29 is 10.0 Å². The van der Waals surface area contributed by atoms with Gasteiger partial charge in [0, 0.05) is 25.5 Å². The molecule has 1 saturated heterocycles. The number of carbonyl (C=O) groups excluding carboxylic acids is 1. The van der Waals surface area contributed by atoms with Crippen LogP contribution in [0.4, 0.5) is 5.95 Å². The smallest absolute Gasteiger partial charge is 0.277 e. The Morgan fingerprint density at radius 2 is 1.95 bits per heavy atom. The molecule has 1 aromatic heterocycles. The van der Waals surface area contributed by atoms with Crippen LogP contribution in [0.5, 0.6) is 0 Å². The molecule has 0 aromatic carbocycles. The molecular weight excluding hydrogens is 256 g/mol. The van der Waals surface area contributed by atoms with Crippen LogP contribution in [0, 0.1) is 17.8 Å². The van der Waals surface area contributed by atoms with Gasteiger partial charge in [0.1, 0.15) is 0 Å². The quantitative estimate of drug-likeness (QED) is 0.645. The molecule has 2 bridgehead atoms. The maximum Gasteiger partial charge on any atom is 0.277 e. The lowest BCUT2D eigenvalue weighted by atomic mass is 9.83. The van der Waals surface area contributed by atoms with Gasteiger partial charge in [-0.2, -0.15) is 0 Å². The van der Waals surface area contributed by atoms with Crippen molar-refractivity contribution in [3.05, 3.63) is 18.0 Å². The van der Waals surface area contributed by atoms with E-state index in [4.69, 9.17) is 5.21 Å². The minimum Gasteiger partial charge on any atom is -0.340 e. The first-order chi connectivity index (χ1) is 9.72. The van der Waals surface area contributed by atoms with Crippen molar-refractivity contribution in [1.29, 1.82) is 0 Å². The predicted octanol–water partition coefficient (Wildman–Crippen LogP) is 1.47. The summed E-state index contributed by atoms with van der Waals surface area (Å²) in [6.07, 6.45) is 6.80. The highest BCUT2D eigenvalue weighted by Crippen LogP contribution is 2.44. The zero-order valence-electron chi connectivity index (χ0n) is 11.6. The number of amides is 1. The number of aromatic nitrogens is 2. The lowest BCUT2D eigenvalue weighted by Crippen LogP contribution is -2.42. The van der Waals surface area contributed by atoms with Crippen molar-refractivity contribution in [1.82, 2.24) is 15.4 Å². The standard InChI is InChI=1S/C14H20N4O2/c1-2-12-9-3-4-10(12)8-18(7-9)14-15-5-11(6-16-14)13(19)17-20/h5-6,9-10,12,20H,2-4,7-8H2,1H3,(H,17,19). The first-order valence-corrected chi connectivity index (χ1v) is 7.24. The second kappa shape index (κ2) is 5.36. The van der Waals surface area contributed by atoms with Crippen LogP contribution in [0.15, 0.2) is 12.4 Å². The molecule has 108 valence electrons. The molecule has 1 aliphatic carbocycles. The Kier molecular flexibility index (Phi) is 3.56. The van der Waals surface area contributed by atoms with Crippen LogP contribution in [0.1, 0.15) is 36.5 Å². The second-order valence-electron chi connectivity index (χ2n) is 5.79. The number of nitrogens with one attached hydrogen (secondary N) is 1. The molecule has 2 fully saturated rings. The number of rotatable bonds is 3. The van der Waals surface area contributed by atoms with Gasteiger partial charge in [0.15, 0.2) is 0 Å². The summed E-state index contributed by atoms with van der Waals surface area (Å²) >= 11 is 0. The van der Waals surface area contributed by atoms with Gasteiger partial charge in [0.25, 0.3) is 5.91 Å². The molecule has 6 nitrogen and oxygen atoms in total. The minimum absolute atomic E-state index is 0.266. The van der Waals surface area contributed by atoms with Gasteiger partial charge < -0.3 is 4.90 Å². The lowest BCUT2D eigenvalue weighted by molar-refractivity contribution is 0.0705. The Balaban J connectivity index is 1.73. The fourth-order valence-corrected chi connectivity index (χ4v) is 3.83. The van der Waals surface area contributed by atoms with Crippen molar-refractivity contribution in [2.45, 2.75) is 26.2 Å². The van der Waals surface area contributed by atoms with E-state index in [1.807, 2.05) is 0 Å².